The Hall–Kier alpha value is -1.62. The summed E-state index contributed by atoms with van der Waals surface area (Å²) in [6.45, 7) is 1.51. The number of ketones is 1. The number of Topliss-reactive ketones (excluding diaryl/α,β-unsaturated/α-hetero) is 1. The van der Waals surface area contributed by atoms with E-state index < -0.39 is 11.6 Å². The predicted molar refractivity (Wildman–Crippen MR) is 66.5 cm³/mol. The van der Waals surface area contributed by atoms with E-state index in [-0.39, 0.29) is 11.3 Å². The fraction of sp³-hybridized carbons (Fsp3) is 0.231. The van der Waals surface area contributed by atoms with Crippen molar-refractivity contribution in [2.45, 2.75) is 19.8 Å². The molecule has 1 heterocycles. The van der Waals surface area contributed by atoms with Crippen LogP contribution in [0.2, 0.25) is 0 Å². The van der Waals surface area contributed by atoms with Crippen LogP contribution in [0.3, 0.4) is 0 Å². The van der Waals surface area contributed by atoms with Gasteiger partial charge >= 0.3 is 0 Å². The molecule has 1 aromatic carbocycles. The van der Waals surface area contributed by atoms with E-state index in [1.807, 2.05) is 0 Å². The second-order valence-electron chi connectivity index (χ2n) is 3.97. The third kappa shape index (κ3) is 2.98. The lowest BCUT2D eigenvalue weighted by Gasteiger charge is -1.98. The maximum Gasteiger partial charge on any atom is 0.133 e. The number of nitrogens with zero attached hydrogens (tertiary/aromatic N) is 1. The predicted octanol–water partition coefficient (Wildman–Crippen LogP) is 3.61. The van der Waals surface area contributed by atoms with E-state index in [4.69, 9.17) is 0 Å². The summed E-state index contributed by atoms with van der Waals surface area (Å²) in [5, 5.41) is 2.20. The minimum Gasteiger partial charge on any atom is -0.300 e. The molecule has 0 saturated carbocycles. The smallest absolute Gasteiger partial charge is 0.133 e. The van der Waals surface area contributed by atoms with Crippen LogP contribution in [0.5, 0.6) is 0 Å². The van der Waals surface area contributed by atoms with Crippen molar-refractivity contribution in [2.75, 3.05) is 0 Å². The zero-order valence-corrected chi connectivity index (χ0v) is 10.6. The first-order valence-electron chi connectivity index (χ1n) is 5.45. The Kier molecular flexibility index (Phi) is 3.81. The van der Waals surface area contributed by atoms with Crippen LogP contribution in [-0.2, 0) is 11.2 Å². The van der Waals surface area contributed by atoms with Gasteiger partial charge in [-0.25, -0.2) is 13.8 Å². The number of rotatable bonds is 4. The lowest BCUT2D eigenvalue weighted by molar-refractivity contribution is -0.116. The van der Waals surface area contributed by atoms with Crippen LogP contribution in [0, 0.1) is 11.6 Å². The van der Waals surface area contributed by atoms with Gasteiger partial charge in [0.05, 0.1) is 5.69 Å². The third-order valence-corrected chi connectivity index (χ3v) is 3.37. The monoisotopic (exact) mass is 267 g/mol. The van der Waals surface area contributed by atoms with Crippen molar-refractivity contribution in [3.05, 3.63) is 40.9 Å². The minimum atomic E-state index is -0.496. The highest BCUT2D eigenvalue weighted by Crippen LogP contribution is 2.27. The van der Waals surface area contributed by atoms with Crippen molar-refractivity contribution in [1.82, 2.24) is 4.98 Å². The van der Waals surface area contributed by atoms with Crippen molar-refractivity contribution in [3.8, 4) is 10.6 Å². The molecule has 0 bridgehead atoms. The molecule has 2 rings (SSSR count). The van der Waals surface area contributed by atoms with Gasteiger partial charge in [-0.3, -0.25) is 0 Å². The fourth-order valence-electron chi connectivity index (χ4n) is 1.51. The second kappa shape index (κ2) is 5.35. The molecule has 0 spiro atoms. The first-order valence-corrected chi connectivity index (χ1v) is 6.33. The summed E-state index contributed by atoms with van der Waals surface area (Å²) in [6.07, 6.45) is 0.942. The van der Waals surface area contributed by atoms with E-state index in [1.165, 1.54) is 18.3 Å². The van der Waals surface area contributed by atoms with Gasteiger partial charge in [0.1, 0.15) is 22.4 Å². The van der Waals surface area contributed by atoms with Gasteiger partial charge in [0, 0.05) is 17.4 Å². The van der Waals surface area contributed by atoms with Gasteiger partial charge in [-0.05, 0) is 31.5 Å². The molecule has 5 heteroatoms. The zero-order valence-electron chi connectivity index (χ0n) is 9.74. The Morgan fingerprint density at radius 1 is 1.39 bits per heavy atom. The Labute approximate surface area is 107 Å². The number of halogens is 2. The number of carbonyl (C=O) groups is 1. The van der Waals surface area contributed by atoms with E-state index in [2.05, 4.69) is 4.98 Å². The number of carbonyl (C=O) groups excluding carboxylic acids is 1. The van der Waals surface area contributed by atoms with Gasteiger partial charge in [0.25, 0.3) is 0 Å². The Balaban J connectivity index is 2.23. The van der Waals surface area contributed by atoms with E-state index in [0.29, 0.717) is 17.8 Å². The van der Waals surface area contributed by atoms with Gasteiger partial charge in [-0.1, -0.05) is 0 Å². The Morgan fingerprint density at radius 2 is 2.17 bits per heavy atom. The number of hydrogen-bond acceptors (Lipinski definition) is 3. The fourth-order valence-corrected chi connectivity index (χ4v) is 2.38. The Morgan fingerprint density at radius 3 is 2.89 bits per heavy atom. The summed E-state index contributed by atoms with van der Waals surface area (Å²) in [5.41, 5.74) is 0.892. The molecule has 2 aromatic rings. The first-order chi connectivity index (χ1) is 8.56. The number of benzene rings is 1. The van der Waals surface area contributed by atoms with Crippen LogP contribution in [0.1, 0.15) is 19.0 Å². The van der Waals surface area contributed by atoms with E-state index in [9.17, 15) is 13.6 Å². The topological polar surface area (TPSA) is 30.0 Å². The quantitative estimate of drug-likeness (QED) is 0.847. The number of aryl methyl sites for hydroxylation is 1. The molecule has 0 saturated heterocycles. The minimum absolute atomic E-state index is 0.0847. The Bertz CT molecular complexity index is 580. The van der Waals surface area contributed by atoms with Gasteiger partial charge < -0.3 is 4.79 Å². The second-order valence-corrected chi connectivity index (χ2v) is 4.83. The van der Waals surface area contributed by atoms with Crippen molar-refractivity contribution in [1.29, 1.82) is 0 Å². The highest BCUT2D eigenvalue weighted by molar-refractivity contribution is 7.13. The van der Waals surface area contributed by atoms with E-state index >= 15 is 0 Å². The van der Waals surface area contributed by atoms with Crippen molar-refractivity contribution >= 4 is 17.1 Å². The molecule has 0 fully saturated rings. The average molecular weight is 267 g/mol. The molecule has 18 heavy (non-hydrogen) atoms. The summed E-state index contributed by atoms with van der Waals surface area (Å²) >= 11 is 1.25. The standard InChI is InChI=1S/C13H11F2NOS/c1-8(17)2-4-10-7-18-13(16-10)11-6-9(14)3-5-12(11)15/h3,5-7H,2,4H2,1H3. The highest BCUT2D eigenvalue weighted by atomic mass is 32.1. The molecule has 0 aliphatic carbocycles. The van der Waals surface area contributed by atoms with Gasteiger partial charge in [-0.2, -0.15) is 0 Å². The molecule has 0 N–H and O–H groups in total. The van der Waals surface area contributed by atoms with Crippen molar-refractivity contribution in [2.24, 2.45) is 0 Å². The third-order valence-electron chi connectivity index (χ3n) is 2.44. The highest BCUT2D eigenvalue weighted by Gasteiger charge is 2.11. The van der Waals surface area contributed by atoms with Gasteiger partial charge in [0.15, 0.2) is 0 Å². The summed E-state index contributed by atoms with van der Waals surface area (Å²) in [4.78, 5) is 15.1. The largest absolute Gasteiger partial charge is 0.300 e. The SMILES string of the molecule is CC(=O)CCc1csc(-c2cc(F)ccc2F)n1. The molecule has 0 aliphatic heterocycles. The van der Waals surface area contributed by atoms with Crippen LogP contribution >= 0.6 is 11.3 Å². The number of thiazole rings is 1. The maximum absolute atomic E-state index is 13.5. The average Bonchev–Trinajstić information content (AvgIpc) is 2.78. The van der Waals surface area contributed by atoms with Crippen LogP contribution in [0.25, 0.3) is 10.6 Å². The molecule has 0 radical (unpaired) electrons. The summed E-state index contributed by atoms with van der Waals surface area (Å²) in [6, 6.07) is 3.29. The molecular formula is C13H11F2NOS. The summed E-state index contributed by atoms with van der Waals surface area (Å²) in [7, 11) is 0. The molecule has 0 amide bonds. The van der Waals surface area contributed by atoms with E-state index in [1.54, 1.807) is 5.38 Å². The van der Waals surface area contributed by atoms with Crippen LogP contribution in [-0.4, -0.2) is 10.8 Å². The molecule has 94 valence electrons. The van der Waals surface area contributed by atoms with Crippen LogP contribution < -0.4 is 0 Å². The molecule has 0 unspecified atom stereocenters. The lowest BCUT2D eigenvalue weighted by atomic mass is 10.2. The molecule has 1 aromatic heterocycles. The molecule has 0 atom stereocenters. The summed E-state index contributed by atoms with van der Waals surface area (Å²) in [5.74, 6) is -0.905. The van der Waals surface area contributed by atoms with Crippen LogP contribution in [0.15, 0.2) is 23.6 Å². The van der Waals surface area contributed by atoms with Crippen molar-refractivity contribution in [3.63, 3.8) is 0 Å². The number of aromatic nitrogens is 1. The van der Waals surface area contributed by atoms with Gasteiger partial charge in [-0.15, -0.1) is 11.3 Å². The normalized spacial score (nSPS) is 10.6. The summed E-state index contributed by atoms with van der Waals surface area (Å²) < 4.78 is 26.6. The number of hydrogen-bond donors (Lipinski definition) is 0. The first kappa shape index (κ1) is 12.8. The van der Waals surface area contributed by atoms with Gasteiger partial charge in [0.2, 0.25) is 0 Å². The maximum atomic E-state index is 13.5. The molecular weight excluding hydrogens is 256 g/mol. The van der Waals surface area contributed by atoms with Crippen molar-refractivity contribution < 1.29 is 13.6 Å². The van der Waals surface area contributed by atoms with E-state index in [0.717, 1.165) is 23.9 Å². The zero-order chi connectivity index (χ0) is 13.1. The molecule has 0 aliphatic rings. The van der Waals surface area contributed by atoms with Crippen LogP contribution in [0.4, 0.5) is 8.78 Å². The lowest BCUT2D eigenvalue weighted by Crippen LogP contribution is -1.94. The molecule has 2 nitrogen and oxygen atoms in total.